The van der Waals surface area contributed by atoms with E-state index in [1.54, 1.807) is 18.3 Å². The van der Waals surface area contributed by atoms with Crippen LogP contribution >= 0.6 is 11.3 Å². The number of aromatic nitrogens is 1. The second kappa shape index (κ2) is 8.33. The van der Waals surface area contributed by atoms with Gasteiger partial charge in [0.2, 0.25) is 0 Å². The Hall–Kier alpha value is -2.11. The van der Waals surface area contributed by atoms with E-state index in [0.29, 0.717) is 9.77 Å². The van der Waals surface area contributed by atoms with Gasteiger partial charge >= 0.3 is 0 Å². The maximum absolute atomic E-state index is 11.6. The molecule has 0 saturated carbocycles. The zero-order valence-corrected chi connectivity index (χ0v) is 18.3. The molecule has 2 saturated heterocycles. The second-order valence-corrected chi connectivity index (χ2v) is 11.1. The predicted molar refractivity (Wildman–Crippen MR) is 116 cm³/mol. The van der Waals surface area contributed by atoms with Crippen molar-refractivity contribution in [2.24, 2.45) is 11.8 Å². The van der Waals surface area contributed by atoms with Crippen LogP contribution in [0.1, 0.15) is 30.6 Å². The van der Waals surface area contributed by atoms with Crippen molar-refractivity contribution in [3.63, 3.8) is 0 Å². The van der Waals surface area contributed by atoms with E-state index in [1.165, 1.54) is 43.3 Å². The fraction of sp³-hybridized carbons (Fsp3) is 0.524. The molecule has 4 rings (SSSR count). The molecule has 29 heavy (non-hydrogen) atoms. The average Bonchev–Trinajstić information content (AvgIpc) is 3.23. The monoisotopic (exact) mass is 430 g/mol. The summed E-state index contributed by atoms with van der Waals surface area (Å²) in [6.07, 6.45) is 7.67. The van der Waals surface area contributed by atoms with Crippen molar-refractivity contribution in [1.82, 2.24) is 4.98 Å². The van der Waals surface area contributed by atoms with Gasteiger partial charge in [-0.25, -0.2) is 13.4 Å². The number of anilines is 2. The molecule has 2 aliphatic heterocycles. The predicted octanol–water partition coefficient (Wildman–Crippen LogP) is 3.55. The number of hydrogen-bond acceptors (Lipinski definition) is 7. The third kappa shape index (κ3) is 4.57. The number of nitriles is 1. The van der Waals surface area contributed by atoms with Crippen molar-refractivity contribution in [3.05, 3.63) is 35.3 Å². The second-order valence-electron chi connectivity index (χ2n) is 8.03. The van der Waals surface area contributed by atoms with E-state index in [0.717, 1.165) is 48.8 Å². The van der Waals surface area contributed by atoms with E-state index >= 15 is 0 Å². The number of benzene rings is 1. The van der Waals surface area contributed by atoms with E-state index in [9.17, 15) is 8.42 Å². The Balaban J connectivity index is 1.28. The molecule has 0 unspecified atom stereocenters. The van der Waals surface area contributed by atoms with Gasteiger partial charge in [-0.1, -0.05) is 11.3 Å². The lowest BCUT2D eigenvalue weighted by Gasteiger charge is -2.40. The summed E-state index contributed by atoms with van der Waals surface area (Å²) in [5.74, 6) is 1.52. The first-order chi connectivity index (χ1) is 13.9. The third-order valence-electron chi connectivity index (χ3n) is 6.25. The summed E-state index contributed by atoms with van der Waals surface area (Å²) < 4.78 is 23.3. The number of hydrogen-bond donors (Lipinski definition) is 0. The van der Waals surface area contributed by atoms with Gasteiger partial charge in [0, 0.05) is 38.1 Å². The highest BCUT2D eigenvalue weighted by molar-refractivity contribution is 7.90. The Morgan fingerprint density at radius 2 is 1.55 bits per heavy atom. The molecule has 1 aromatic heterocycles. The van der Waals surface area contributed by atoms with Crippen LogP contribution in [-0.4, -0.2) is 45.8 Å². The van der Waals surface area contributed by atoms with Crippen molar-refractivity contribution in [2.45, 2.75) is 30.6 Å². The molecule has 1 aromatic carbocycles. The van der Waals surface area contributed by atoms with Crippen LogP contribution in [-0.2, 0) is 9.84 Å². The van der Waals surface area contributed by atoms with Gasteiger partial charge in [0.25, 0.3) is 0 Å². The Bertz CT molecular complexity index is 978. The maximum Gasteiger partial charge on any atom is 0.186 e. The average molecular weight is 431 g/mol. The minimum atomic E-state index is -3.14. The summed E-state index contributed by atoms with van der Waals surface area (Å²) in [5.41, 5.74) is 1.11. The van der Waals surface area contributed by atoms with Gasteiger partial charge in [0.15, 0.2) is 15.0 Å². The molecule has 0 bridgehead atoms. The summed E-state index contributed by atoms with van der Waals surface area (Å²) >= 11 is 1.49. The summed E-state index contributed by atoms with van der Waals surface area (Å²) in [4.78, 5) is 10.1. The molecule has 0 amide bonds. The van der Waals surface area contributed by atoms with Crippen molar-refractivity contribution in [3.8, 4) is 6.07 Å². The fourth-order valence-electron chi connectivity index (χ4n) is 4.56. The Morgan fingerprint density at radius 1 is 1.00 bits per heavy atom. The molecule has 0 spiro atoms. The molecule has 0 N–H and O–H groups in total. The van der Waals surface area contributed by atoms with Crippen molar-refractivity contribution >= 4 is 32.0 Å². The van der Waals surface area contributed by atoms with E-state index < -0.39 is 9.84 Å². The normalized spacial score (nSPS) is 19.3. The zero-order valence-electron chi connectivity index (χ0n) is 16.6. The summed E-state index contributed by atoms with van der Waals surface area (Å²) in [5, 5.41) is 9.96. The lowest BCUT2D eigenvalue weighted by Crippen LogP contribution is -2.40. The maximum atomic E-state index is 11.6. The molecule has 0 aliphatic carbocycles. The van der Waals surface area contributed by atoms with Gasteiger partial charge in [0.1, 0.15) is 10.9 Å². The smallest absolute Gasteiger partial charge is 0.186 e. The first-order valence-electron chi connectivity index (χ1n) is 10.1. The molecule has 2 fully saturated rings. The fourth-order valence-corrected chi connectivity index (χ4v) is 5.95. The van der Waals surface area contributed by atoms with Gasteiger partial charge in [0.05, 0.1) is 11.1 Å². The quantitative estimate of drug-likeness (QED) is 0.738. The van der Waals surface area contributed by atoms with Crippen LogP contribution in [0.25, 0.3) is 0 Å². The molecule has 8 heteroatoms. The van der Waals surface area contributed by atoms with Gasteiger partial charge < -0.3 is 9.80 Å². The van der Waals surface area contributed by atoms with Crippen LogP contribution in [0.3, 0.4) is 0 Å². The largest absolute Gasteiger partial charge is 0.372 e. The van der Waals surface area contributed by atoms with Gasteiger partial charge in [-0.2, -0.15) is 5.26 Å². The molecule has 0 atom stereocenters. The van der Waals surface area contributed by atoms with E-state index in [2.05, 4.69) is 20.9 Å². The summed E-state index contributed by atoms with van der Waals surface area (Å²) in [6.45, 7) is 4.11. The molecular weight excluding hydrogens is 404 g/mol. The Morgan fingerprint density at radius 3 is 2.03 bits per heavy atom. The number of rotatable bonds is 4. The molecule has 3 heterocycles. The minimum Gasteiger partial charge on any atom is -0.372 e. The third-order valence-corrected chi connectivity index (χ3v) is 8.34. The van der Waals surface area contributed by atoms with Gasteiger partial charge in [-0.3, -0.25) is 0 Å². The van der Waals surface area contributed by atoms with Gasteiger partial charge in [-0.15, -0.1) is 0 Å². The molecule has 2 aliphatic rings. The first kappa shape index (κ1) is 20.2. The lowest BCUT2D eigenvalue weighted by atomic mass is 9.79. The highest BCUT2D eigenvalue weighted by Gasteiger charge is 2.30. The summed E-state index contributed by atoms with van der Waals surface area (Å²) in [7, 11) is -3.14. The number of thiazole rings is 1. The van der Waals surface area contributed by atoms with Crippen LogP contribution in [0.5, 0.6) is 0 Å². The Kier molecular flexibility index (Phi) is 5.79. The van der Waals surface area contributed by atoms with E-state index in [-0.39, 0.29) is 0 Å². The standard InChI is InChI=1S/C21H26N4O2S2/c1-29(26,27)20-4-2-18(3-5-20)24-10-6-16(7-11-24)17-8-12-25(13-9-17)21-23-15-19(14-22)28-21/h2-5,15-17H,6-13H2,1H3. The highest BCUT2D eigenvalue weighted by Crippen LogP contribution is 2.35. The van der Waals surface area contributed by atoms with E-state index in [4.69, 9.17) is 5.26 Å². The van der Waals surface area contributed by atoms with Crippen molar-refractivity contribution in [1.29, 1.82) is 5.26 Å². The SMILES string of the molecule is CS(=O)(=O)c1ccc(N2CCC(C3CCN(c4ncc(C#N)s4)CC3)CC2)cc1. The van der Waals surface area contributed by atoms with Crippen molar-refractivity contribution in [2.75, 3.05) is 42.2 Å². The zero-order chi connectivity index (χ0) is 20.4. The molecule has 154 valence electrons. The topological polar surface area (TPSA) is 77.3 Å². The van der Waals surface area contributed by atoms with Crippen molar-refractivity contribution < 1.29 is 8.42 Å². The number of nitrogens with zero attached hydrogens (tertiary/aromatic N) is 4. The first-order valence-corrected chi connectivity index (χ1v) is 12.8. The minimum absolute atomic E-state index is 0.380. The molecule has 6 nitrogen and oxygen atoms in total. The Labute approximate surface area is 176 Å². The molecule has 2 aromatic rings. The van der Waals surface area contributed by atoms with E-state index in [1.807, 2.05) is 12.1 Å². The van der Waals surface area contributed by atoms with Crippen LogP contribution in [0.15, 0.2) is 35.4 Å². The van der Waals surface area contributed by atoms with Crippen LogP contribution in [0.4, 0.5) is 10.8 Å². The van der Waals surface area contributed by atoms with Crippen LogP contribution in [0.2, 0.25) is 0 Å². The summed E-state index contributed by atoms with van der Waals surface area (Å²) in [6, 6.07) is 9.45. The number of sulfone groups is 1. The molecule has 0 radical (unpaired) electrons. The van der Waals surface area contributed by atoms with Crippen LogP contribution < -0.4 is 9.80 Å². The number of piperidine rings is 2. The van der Waals surface area contributed by atoms with Gasteiger partial charge in [-0.05, 0) is 61.8 Å². The van der Waals surface area contributed by atoms with Crippen LogP contribution in [0, 0.1) is 23.2 Å². The lowest BCUT2D eigenvalue weighted by molar-refractivity contribution is 0.233. The molecular formula is C21H26N4O2S2. The highest BCUT2D eigenvalue weighted by atomic mass is 32.2.